The number of furan rings is 1. The molecule has 188 valence electrons. The van der Waals surface area contributed by atoms with Crippen LogP contribution in [-0.4, -0.2) is 25.7 Å². The molecule has 0 spiro atoms. The van der Waals surface area contributed by atoms with Gasteiger partial charge in [0.25, 0.3) is 5.91 Å². The van der Waals surface area contributed by atoms with Crippen molar-refractivity contribution < 1.29 is 13.9 Å². The highest BCUT2D eigenvalue weighted by Gasteiger charge is 2.20. The van der Waals surface area contributed by atoms with Gasteiger partial charge in [0, 0.05) is 36.1 Å². The molecule has 1 N–H and O–H groups in total. The molecule has 1 amide bonds. The van der Waals surface area contributed by atoms with E-state index >= 15 is 0 Å². The highest BCUT2D eigenvalue weighted by Crippen LogP contribution is 2.30. The monoisotopic (exact) mass is 495 g/mol. The highest BCUT2D eigenvalue weighted by molar-refractivity contribution is 6.06. The van der Waals surface area contributed by atoms with Crippen LogP contribution in [0.2, 0.25) is 0 Å². The maximum absolute atomic E-state index is 13.4. The standard InChI is InChI=1S/C29H29N5O3/c1-18(2)34-28-26(16-32-34)25(13-27(33-28)24-12-19(3)37-20(24)4)29(35)31-15-21-7-9-23(10-8-21)36-17-22-6-5-11-30-14-22/h5-14,16,18H,15,17H2,1-4H3,(H,31,35). The number of nitrogens with one attached hydrogen (secondary N) is 1. The Hall–Kier alpha value is -4.46. The summed E-state index contributed by atoms with van der Waals surface area (Å²) in [6, 6.07) is 15.4. The molecule has 0 bridgehead atoms. The third-order valence-electron chi connectivity index (χ3n) is 6.12. The van der Waals surface area contributed by atoms with Crippen LogP contribution in [0, 0.1) is 13.8 Å². The van der Waals surface area contributed by atoms with Crippen LogP contribution in [0.3, 0.4) is 0 Å². The van der Waals surface area contributed by atoms with Crippen molar-refractivity contribution in [1.82, 2.24) is 25.1 Å². The molecule has 8 nitrogen and oxygen atoms in total. The summed E-state index contributed by atoms with van der Waals surface area (Å²) in [5, 5.41) is 8.26. The lowest BCUT2D eigenvalue weighted by Crippen LogP contribution is -2.23. The summed E-state index contributed by atoms with van der Waals surface area (Å²) in [6.07, 6.45) is 5.23. The third-order valence-corrected chi connectivity index (χ3v) is 6.12. The van der Waals surface area contributed by atoms with Gasteiger partial charge in [-0.3, -0.25) is 9.78 Å². The molecule has 0 radical (unpaired) electrons. The average Bonchev–Trinajstić information content (AvgIpc) is 3.49. The van der Waals surface area contributed by atoms with E-state index in [9.17, 15) is 4.79 Å². The molecule has 0 unspecified atom stereocenters. The van der Waals surface area contributed by atoms with Gasteiger partial charge in [0.15, 0.2) is 5.65 Å². The fourth-order valence-corrected chi connectivity index (χ4v) is 4.24. The van der Waals surface area contributed by atoms with Gasteiger partial charge in [0.2, 0.25) is 0 Å². The Morgan fingerprint density at radius 2 is 1.89 bits per heavy atom. The smallest absolute Gasteiger partial charge is 0.252 e. The zero-order chi connectivity index (χ0) is 25.9. The Morgan fingerprint density at radius 3 is 2.57 bits per heavy atom. The Bertz CT molecular complexity index is 1540. The van der Waals surface area contributed by atoms with E-state index in [0.29, 0.717) is 35.4 Å². The van der Waals surface area contributed by atoms with Gasteiger partial charge in [-0.1, -0.05) is 18.2 Å². The molecule has 37 heavy (non-hydrogen) atoms. The van der Waals surface area contributed by atoms with Crippen molar-refractivity contribution in [2.24, 2.45) is 0 Å². The molecule has 0 saturated carbocycles. The largest absolute Gasteiger partial charge is 0.489 e. The van der Waals surface area contributed by atoms with Crippen LogP contribution < -0.4 is 10.1 Å². The van der Waals surface area contributed by atoms with Gasteiger partial charge >= 0.3 is 0 Å². The summed E-state index contributed by atoms with van der Waals surface area (Å²) in [4.78, 5) is 22.3. The van der Waals surface area contributed by atoms with Crippen LogP contribution in [0.15, 0.2) is 71.5 Å². The molecule has 5 rings (SSSR count). The van der Waals surface area contributed by atoms with E-state index in [0.717, 1.165) is 34.0 Å². The van der Waals surface area contributed by atoms with Gasteiger partial charge in [0.05, 0.1) is 22.8 Å². The Kier molecular flexibility index (Phi) is 6.72. The van der Waals surface area contributed by atoms with Gasteiger partial charge < -0.3 is 14.5 Å². The molecular formula is C29H29N5O3. The average molecular weight is 496 g/mol. The number of aromatic nitrogens is 4. The van der Waals surface area contributed by atoms with Crippen molar-refractivity contribution in [2.45, 2.75) is 46.9 Å². The molecule has 0 aliphatic heterocycles. The Morgan fingerprint density at radius 1 is 1.08 bits per heavy atom. The molecule has 0 atom stereocenters. The quantitative estimate of drug-likeness (QED) is 0.293. The normalized spacial score (nSPS) is 11.3. The third kappa shape index (κ3) is 5.23. The summed E-state index contributed by atoms with van der Waals surface area (Å²) >= 11 is 0. The maximum atomic E-state index is 13.4. The number of carbonyl (C=O) groups excluding carboxylic acids is 1. The van der Waals surface area contributed by atoms with E-state index in [1.54, 1.807) is 18.6 Å². The molecule has 0 aliphatic rings. The Labute approximate surface area is 215 Å². The minimum Gasteiger partial charge on any atom is -0.489 e. The van der Waals surface area contributed by atoms with Gasteiger partial charge in [-0.25, -0.2) is 9.67 Å². The summed E-state index contributed by atoms with van der Waals surface area (Å²) in [5.41, 5.74) is 4.72. The molecule has 8 heteroatoms. The van der Waals surface area contributed by atoms with Gasteiger partial charge in [0.1, 0.15) is 23.9 Å². The van der Waals surface area contributed by atoms with Gasteiger partial charge in [-0.15, -0.1) is 0 Å². The molecule has 4 heterocycles. The van der Waals surface area contributed by atoms with Gasteiger partial charge in [-0.05, 0) is 63.6 Å². The van der Waals surface area contributed by atoms with Crippen molar-refractivity contribution in [2.75, 3.05) is 0 Å². The van der Waals surface area contributed by atoms with Crippen molar-refractivity contribution in [1.29, 1.82) is 0 Å². The van der Waals surface area contributed by atoms with Crippen LogP contribution in [-0.2, 0) is 13.2 Å². The number of pyridine rings is 2. The fraction of sp³-hybridized carbons (Fsp3) is 0.241. The first-order valence-electron chi connectivity index (χ1n) is 12.2. The molecule has 0 fully saturated rings. The van der Waals surface area contributed by atoms with E-state index in [1.165, 1.54) is 0 Å². The lowest BCUT2D eigenvalue weighted by Gasteiger charge is -2.11. The van der Waals surface area contributed by atoms with Crippen molar-refractivity contribution in [3.8, 4) is 17.0 Å². The fourth-order valence-electron chi connectivity index (χ4n) is 4.24. The number of amides is 1. The summed E-state index contributed by atoms with van der Waals surface area (Å²) in [7, 11) is 0. The summed E-state index contributed by atoms with van der Waals surface area (Å²) in [6.45, 7) is 8.71. The van der Waals surface area contributed by atoms with E-state index < -0.39 is 0 Å². The van der Waals surface area contributed by atoms with E-state index in [1.807, 2.05) is 80.9 Å². The number of fused-ring (bicyclic) bond motifs is 1. The second kappa shape index (κ2) is 10.3. The maximum Gasteiger partial charge on any atom is 0.252 e. The first-order valence-corrected chi connectivity index (χ1v) is 12.2. The number of carbonyl (C=O) groups is 1. The van der Waals surface area contributed by atoms with Crippen molar-refractivity contribution in [3.05, 3.63) is 95.3 Å². The lowest BCUT2D eigenvalue weighted by atomic mass is 10.1. The van der Waals surface area contributed by atoms with E-state index in [-0.39, 0.29) is 11.9 Å². The first kappa shape index (κ1) is 24.2. The molecule has 0 aliphatic carbocycles. The zero-order valence-corrected chi connectivity index (χ0v) is 21.4. The predicted molar refractivity (Wildman–Crippen MR) is 141 cm³/mol. The number of nitrogens with zero attached hydrogens (tertiary/aromatic N) is 4. The first-order chi connectivity index (χ1) is 17.9. The van der Waals surface area contributed by atoms with Crippen molar-refractivity contribution in [3.63, 3.8) is 0 Å². The number of aryl methyl sites for hydroxylation is 2. The summed E-state index contributed by atoms with van der Waals surface area (Å²) in [5.74, 6) is 2.13. The van der Waals surface area contributed by atoms with Crippen LogP contribution in [0.25, 0.3) is 22.3 Å². The second-order valence-electron chi connectivity index (χ2n) is 9.28. The predicted octanol–water partition coefficient (Wildman–Crippen LogP) is 5.79. The number of ether oxygens (including phenoxy) is 1. The zero-order valence-electron chi connectivity index (χ0n) is 21.4. The second-order valence-corrected chi connectivity index (χ2v) is 9.28. The number of benzene rings is 1. The Balaban J connectivity index is 1.35. The van der Waals surface area contributed by atoms with Crippen LogP contribution in [0.1, 0.15) is 52.9 Å². The minimum absolute atomic E-state index is 0.0993. The van der Waals surface area contributed by atoms with Gasteiger partial charge in [-0.2, -0.15) is 5.10 Å². The van der Waals surface area contributed by atoms with Crippen LogP contribution in [0.4, 0.5) is 0 Å². The number of hydrogen-bond acceptors (Lipinski definition) is 6. The number of rotatable bonds is 8. The SMILES string of the molecule is Cc1cc(-c2cc(C(=O)NCc3ccc(OCc4cccnc4)cc3)c3cnn(C(C)C)c3n2)c(C)o1. The summed E-state index contributed by atoms with van der Waals surface area (Å²) < 4.78 is 13.4. The van der Waals surface area contributed by atoms with Crippen LogP contribution in [0.5, 0.6) is 5.75 Å². The lowest BCUT2D eigenvalue weighted by molar-refractivity contribution is 0.0952. The van der Waals surface area contributed by atoms with Crippen molar-refractivity contribution >= 4 is 16.9 Å². The van der Waals surface area contributed by atoms with E-state index in [2.05, 4.69) is 15.4 Å². The van der Waals surface area contributed by atoms with E-state index in [4.69, 9.17) is 14.1 Å². The highest BCUT2D eigenvalue weighted by atomic mass is 16.5. The number of hydrogen-bond donors (Lipinski definition) is 1. The molecular weight excluding hydrogens is 466 g/mol. The molecule has 1 aromatic carbocycles. The molecule has 0 saturated heterocycles. The topological polar surface area (TPSA) is 95.1 Å². The molecule has 5 aromatic rings. The van der Waals surface area contributed by atoms with Crippen LogP contribution >= 0.6 is 0 Å². The minimum atomic E-state index is -0.188. The molecule has 4 aromatic heterocycles.